The van der Waals surface area contributed by atoms with Gasteiger partial charge in [0.1, 0.15) is 0 Å². The van der Waals surface area contributed by atoms with E-state index in [0.717, 1.165) is 38.4 Å². The number of rotatable bonds is 4. The van der Waals surface area contributed by atoms with Crippen LogP contribution in [0.1, 0.15) is 18.9 Å². The van der Waals surface area contributed by atoms with Crippen molar-refractivity contribution in [1.29, 1.82) is 0 Å². The highest BCUT2D eigenvalue weighted by Crippen LogP contribution is 2.31. The van der Waals surface area contributed by atoms with E-state index in [2.05, 4.69) is 39.4 Å². The Bertz CT molecular complexity index is 862. The number of nitrogens with one attached hydrogen (secondary N) is 1. The first-order valence-corrected chi connectivity index (χ1v) is 10.3. The molecule has 4 rings (SSSR count). The molecule has 1 fully saturated rings. The number of anilines is 2. The summed E-state index contributed by atoms with van der Waals surface area (Å²) in [6.45, 7) is 6.93. The highest BCUT2D eigenvalue weighted by atomic mass is 16.2. The molecule has 6 heteroatoms. The SMILES string of the molecule is C[C@H]1CC(=O)Nc2ccccc2N1C(=O)CN1CCN(Cc2ccccc2)CC1. The molecular weight excluding hydrogens is 364 g/mol. The highest BCUT2D eigenvalue weighted by molar-refractivity contribution is 6.04. The number of para-hydroxylation sites is 2. The fourth-order valence-corrected chi connectivity index (χ4v) is 4.18. The monoisotopic (exact) mass is 392 g/mol. The van der Waals surface area contributed by atoms with Gasteiger partial charge in [0.15, 0.2) is 0 Å². The summed E-state index contributed by atoms with van der Waals surface area (Å²) in [4.78, 5) is 31.8. The van der Waals surface area contributed by atoms with Crippen molar-refractivity contribution in [3.05, 3.63) is 60.2 Å². The zero-order valence-corrected chi connectivity index (χ0v) is 16.9. The highest BCUT2D eigenvalue weighted by Gasteiger charge is 2.31. The van der Waals surface area contributed by atoms with Crippen molar-refractivity contribution >= 4 is 23.2 Å². The van der Waals surface area contributed by atoms with Crippen LogP contribution in [-0.4, -0.2) is 60.4 Å². The van der Waals surface area contributed by atoms with Crippen molar-refractivity contribution in [2.45, 2.75) is 25.9 Å². The molecule has 1 N–H and O–H groups in total. The minimum absolute atomic E-state index is 0.0465. The lowest BCUT2D eigenvalue weighted by Gasteiger charge is -2.36. The van der Waals surface area contributed by atoms with Crippen LogP contribution in [0.15, 0.2) is 54.6 Å². The number of carbonyl (C=O) groups is 2. The van der Waals surface area contributed by atoms with Crippen LogP contribution < -0.4 is 10.2 Å². The summed E-state index contributed by atoms with van der Waals surface area (Å²) >= 11 is 0. The number of hydrogen-bond acceptors (Lipinski definition) is 4. The minimum Gasteiger partial charge on any atom is -0.324 e. The van der Waals surface area contributed by atoms with Gasteiger partial charge in [0.2, 0.25) is 11.8 Å². The second kappa shape index (κ2) is 8.76. The van der Waals surface area contributed by atoms with Crippen molar-refractivity contribution in [3.63, 3.8) is 0 Å². The summed E-state index contributed by atoms with van der Waals surface area (Å²) in [7, 11) is 0. The molecule has 2 aromatic rings. The lowest BCUT2D eigenvalue weighted by molar-refractivity contribution is -0.120. The molecule has 2 aliphatic heterocycles. The third kappa shape index (κ3) is 4.66. The van der Waals surface area contributed by atoms with Gasteiger partial charge in [-0.05, 0) is 24.6 Å². The maximum absolute atomic E-state index is 13.2. The predicted molar refractivity (Wildman–Crippen MR) is 115 cm³/mol. The van der Waals surface area contributed by atoms with E-state index in [1.165, 1.54) is 5.56 Å². The zero-order valence-electron chi connectivity index (χ0n) is 16.9. The summed E-state index contributed by atoms with van der Waals surface area (Å²) in [5.41, 5.74) is 2.82. The Balaban J connectivity index is 1.38. The first-order chi connectivity index (χ1) is 14.1. The van der Waals surface area contributed by atoms with Gasteiger partial charge in [-0.2, -0.15) is 0 Å². The van der Waals surface area contributed by atoms with E-state index in [9.17, 15) is 9.59 Å². The Morgan fingerprint density at radius 2 is 1.62 bits per heavy atom. The number of carbonyl (C=O) groups excluding carboxylic acids is 2. The standard InChI is InChI=1S/C23H28N4O2/c1-18-15-22(28)24-20-9-5-6-10-21(20)27(18)23(29)17-26-13-11-25(12-14-26)16-19-7-3-2-4-8-19/h2-10,18H,11-17H2,1H3,(H,24,28)/t18-/m0/s1. The Morgan fingerprint density at radius 1 is 0.966 bits per heavy atom. The van der Waals surface area contributed by atoms with Gasteiger partial charge in [0, 0.05) is 45.2 Å². The quantitative estimate of drug-likeness (QED) is 0.869. The van der Waals surface area contributed by atoms with Gasteiger partial charge >= 0.3 is 0 Å². The van der Waals surface area contributed by atoms with E-state index in [4.69, 9.17) is 0 Å². The summed E-state index contributed by atoms with van der Waals surface area (Å²) in [6.07, 6.45) is 0.311. The number of hydrogen-bond donors (Lipinski definition) is 1. The van der Waals surface area contributed by atoms with Gasteiger partial charge in [0.25, 0.3) is 0 Å². The summed E-state index contributed by atoms with van der Waals surface area (Å²) in [5, 5.41) is 2.92. The Hall–Kier alpha value is -2.70. The van der Waals surface area contributed by atoms with Crippen molar-refractivity contribution in [1.82, 2.24) is 9.80 Å². The second-order valence-electron chi connectivity index (χ2n) is 7.92. The fourth-order valence-electron chi connectivity index (χ4n) is 4.18. The Morgan fingerprint density at radius 3 is 2.38 bits per heavy atom. The molecule has 0 aromatic heterocycles. The van der Waals surface area contributed by atoms with Crippen LogP contribution in [0.4, 0.5) is 11.4 Å². The average Bonchev–Trinajstić information content (AvgIpc) is 2.84. The summed E-state index contributed by atoms with van der Waals surface area (Å²) in [5.74, 6) is 0.00716. The lowest BCUT2D eigenvalue weighted by atomic mass is 10.1. The third-order valence-corrected chi connectivity index (χ3v) is 5.70. The van der Waals surface area contributed by atoms with E-state index in [1.54, 1.807) is 4.90 Å². The van der Waals surface area contributed by atoms with Gasteiger partial charge < -0.3 is 10.2 Å². The van der Waals surface area contributed by atoms with Crippen LogP contribution in [0, 0.1) is 0 Å². The second-order valence-corrected chi connectivity index (χ2v) is 7.92. The Kier molecular flexibility index (Phi) is 5.92. The van der Waals surface area contributed by atoms with E-state index in [0.29, 0.717) is 18.7 Å². The minimum atomic E-state index is -0.162. The molecule has 0 bridgehead atoms. The molecule has 0 unspecified atom stereocenters. The molecule has 2 aliphatic rings. The van der Waals surface area contributed by atoms with Gasteiger partial charge in [-0.25, -0.2) is 0 Å². The van der Waals surface area contributed by atoms with Crippen molar-refractivity contribution in [2.24, 2.45) is 0 Å². The van der Waals surface area contributed by atoms with Crippen LogP contribution in [0.5, 0.6) is 0 Å². The van der Waals surface area contributed by atoms with Gasteiger partial charge in [0.05, 0.1) is 17.9 Å². The smallest absolute Gasteiger partial charge is 0.241 e. The summed E-state index contributed by atoms with van der Waals surface area (Å²) in [6, 6.07) is 17.9. The fraction of sp³-hybridized carbons (Fsp3) is 0.391. The molecule has 0 spiro atoms. The number of nitrogens with zero attached hydrogens (tertiary/aromatic N) is 3. The largest absolute Gasteiger partial charge is 0.324 e. The van der Waals surface area contributed by atoms with E-state index in [-0.39, 0.29) is 17.9 Å². The van der Waals surface area contributed by atoms with Crippen molar-refractivity contribution < 1.29 is 9.59 Å². The van der Waals surface area contributed by atoms with Crippen LogP contribution >= 0.6 is 0 Å². The van der Waals surface area contributed by atoms with Crippen molar-refractivity contribution in [3.8, 4) is 0 Å². The normalized spacial score (nSPS) is 20.7. The number of amides is 2. The third-order valence-electron chi connectivity index (χ3n) is 5.70. The van der Waals surface area contributed by atoms with Crippen LogP contribution in [0.2, 0.25) is 0 Å². The molecule has 2 aromatic carbocycles. The molecule has 1 atom stereocenters. The van der Waals surface area contributed by atoms with Crippen molar-refractivity contribution in [2.75, 3.05) is 42.9 Å². The van der Waals surface area contributed by atoms with E-state index >= 15 is 0 Å². The van der Waals surface area contributed by atoms with E-state index in [1.807, 2.05) is 37.3 Å². The first-order valence-electron chi connectivity index (χ1n) is 10.3. The van der Waals surface area contributed by atoms with E-state index < -0.39 is 0 Å². The van der Waals surface area contributed by atoms with Crippen LogP contribution in [-0.2, 0) is 16.1 Å². The molecule has 2 heterocycles. The van der Waals surface area contributed by atoms with Gasteiger partial charge in [-0.1, -0.05) is 42.5 Å². The topological polar surface area (TPSA) is 55.9 Å². The molecule has 0 aliphatic carbocycles. The summed E-state index contributed by atoms with van der Waals surface area (Å²) < 4.78 is 0. The molecule has 29 heavy (non-hydrogen) atoms. The van der Waals surface area contributed by atoms with Crippen LogP contribution in [0.25, 0.3) is 0 Å². The van der Waals surface area contributed by atoms with Crippen LogP contribution in [0.3, 0.4) is 0 Å². The van der Waals surface area contributed by atoms with Gasteiger partial charge in [-0.15, -0.1) is 0 Å². The maximum Gasteiger partial charge on any atom is 0.241 e. The number of benzene rings is 2. The molecule has 6 nitrogen and oxygen atoms in total. The zero-order chi connectivity index (χ0) is 20.2. The molecule has 2 amide bonds. The molecular formula is C23H28N4O2. The molecule has 0 radical (unpaired) electrons. The molecule has 0 saturated carbocycles. The maximum atomic E-state index is 13.2. The lowest BCUT2D eigenvalue weighted by Crippen LogP contribution is -2.51. The first kappa shape index (κ1) is 19.6. The molecule has 152 valence electrons. The average molecular weight is 393 g/mol. The Labute approximate surface area is 172 Å². The molecule has 1 saturated heterocycles. The number of fused-ring (bicyclic) bond motifs is 1. The van der Waals surface area contributed by atoms with Gasteiger partial charge in [-0.3, -0.25) is 19.4 Å². The predicted octanol–water partition coefficient (Wildman–Crippen LogP) is 2.57. The number of piperazine rings is 1.